The Kier molecular flexibility index (Phi) is 5.20. The number of halogens is 1. The number of likely N-dealkylation sites (tertiary alicyclic amines) is 1. The standard InChI is InChI=1S/C18H20FN5O3/c1-11(25)21-10-16(26)23-8-2-3-15(23)17(27)14-9-22-24(18(14)20)13-6-4-12(19)5-7-13/h4-7,9,15H,2-3,8,10,20H2,1H3,(H,21,25)/t15-/m0/s1. The first-order valence-electron chi connectivity index (χ1n) is 8.56. The molecule has 1 atom stereocenters. The maximum Gasteiger partial charge on any atom is 0.242 e. The summed E-state index contributed by atoms with van der Waals surface area (Å²) in [5.41, 5.74) is 6.82. The quantitative estimate of drug-likeness (QED) is 0.757. The topological polar surface area (TPSA) is 110 Å². The van der Waals surface area contributed by atoms with Gasteiger partial charge in [-0.05, 0) is 37.1 Å². The van der Waals surface area contributed by atoms with Crippen molar-refractivity contribution in [2.24, 2.45) is 0 Å². The second-order valence-electron chi connectivity index (χ2n) is 6.35. The number of hydrogen-bond donors (Lipinski definition) is 2. The summed E-state index contributed by atoms with van der Waals surface area (Å²) in [5, 5.41) is 6.58. The van der Waals surface area contributed by atoms with Crippen LogP contribution in [0.15, 0.2) is 30.5 Å². The largest absolute Gasteiger partial charge is 0.383 e. The summed E-state index contributed by atoms with van der Waals surface area (Å²) in [6, 6.07) is 4.92. The molecular weight excluding hydrogens is 353 g/mol. The van der Waals surface area contributed by atoms with Crippen LogP contribution in [0.25, 0.3) is 5.69 Å². The summed E-state index contributed by atoms with van der Waals surface area (Å²) >= 11 is 0. The van der Waals surface area contributed by atoms with E-state index in [9.17, 15) is 18.8 Å². The molecular formula is C18H20FN5O3. The number of aromatic nitrogens is 2. The molecule has 1 aromatic carbocycles. The number of nitrogens with one attached hydrogen (secondary N) is 1. The van der Waals surface area contributed by atoms with E-state index in [0.717, 1.165) is 0 Å². The number of rotatable bonds is 5. The van der Waals surface area contributed by atoms with E-state index in [4.69, 9.17) is 5.73 Å². The Balaban J connectivity index is 1.80. The van der Waals surface area contributed by atoms with E-state index < -0.39 is 6.04 Å². The molecule has 3 N–H and O–H groups in total. The average Bonchev–Trinajstić information content (AvgIpc) is 3.27. The van der Waals surface area contributed by atoms with Gasteiger partial charge in [0.15, 0.2) is 5.78 Å². The molecule has 9 heteroatoms. The van der Waals surface area contributed by atoms with Crippen LogP contribution >= 0.6 is 0 Å². The lowest BCUT2D eigenvalue weighted by molar-refractivity contribution is -0.132. The molecule has 0 spiro atoms. The number of Topliss-reactive ketones (excluding diaryl/α,β-unsaturated/α-hetero) is 1. The van der Waals surface area contributed by atoms with Gasteiger partial charge in [0.2, 0.25) is 11.8 Å². The lowest BCUT2D eigenvalue weighted by atomic mass is 10.0. The molecule has 8 nitrogen and oxygen atoms in total. The van der Waals surface area contributed by atoms with E-state index in [0.29, 0.717) is 25.1 Å². The molecule has 0 bridgehead atoms. The zero-order valence-electron chi connectivity index (χ0n) is 14.8. The Hall–Kier alpha value is -3.23. The smallest absolute Gasteiger partial charge is 0.242 e. The minimum absolute atomic E-state index is 0.132. The highest BCUT2D eigenvalue weighted by molar-refractivity contribution is 6.05. The minimum atomic E-state index is -0.639. The minimum Gasteiger partial charge on any atom is -0.383 e. The van der Waals surface area contributed by atoms with E-state index >= 15 is 0 Å². The SMILES string of the molecule is CC(=O)NCC(=O)N1CCC[C@H]1C(=O)c1cnn(-c2ccc(F)cc2)c1N. The number of anilines is 1. The number of amides is 2. The van der Waals surface area contributed by atoms with Gasteiger partial charge < -0.3 is 16.0 Å². The average molecular weight is 373 g/mol. The first-order chi connectivity index (χ1) is 12.9. The summed E-state index contributed by atoms with van der Waals surface area (Å²) in [5.74, 6) is -1.18. The van der Waals surface area contributed by atoms with Gasteiger partial charge >= 0.3 is 0 Å². The van der Waals surface area contributed by atoms with Crippen molar-refractivity contribution in [1.29, 1.82) is 0 Å². The highest BCUT2D eigenvalue weighted by atomic mass is 19.1. The van der Waals surface area contributed by atoms with E-state index in [1.165, 1.54) is 47.0 Å². The van der Waals surface area contributed by atoms with Crippen molar-refractivity contribution in [2.45, 2.75) is 25.8 Å². The summed E-state index contributed by atoms with van der Waals surface area (Å²) in [6.45, 7) is 1.62. The maximum absolute atomic E-state index is 13.1. The molecule has 2 amide bonds. The molecule has 1 saturated heterocycles. The molecule has 142 valence electrons. The van der Waals surface area contributed by atoms with Crippen LogP contribution in [0.4, 0.5) is 10.2 Å². The van der Waals surface area contributed by atoms with Crippen molar-refractivity contribution >= 4 is 23.4 Å². The number of nitrogens with two attached hydrogens (primary N) is 1. The van der Waals surface area contributed by atoms with Crippen LogP contribution in [0, 0.1) is 5.82 Å². The van der Waals surface area contributed by atoms with Crippen LogP contribution in [0.5, 0.6) is 0 Å². The van der Waals surface area contributed by atoms with Crippen molar-refractivity contribution in [3.63, 3.8) is 0 Å². The number of benzene rings is 1. The van der Waals surface area contributed by atoms with E-state index in [-0.39, 0.29) is 41.3 Å². The van der Waals surface area contributed by atoms with Gasteiger partial charge in [-0.2, -0.15) is 5.10 Å². The fourth-order valence-corrected chi connectivity index (χ4v) is 3.15. The Morgan fingerprint density at radius 3 is 2.67 bits per heavy atom. The summed E-state index contributed by atoms with van der Waals surface area (Å²) in [4.78, 5) is 37.7. The molecule has 27 heavy (non-hydrogen) atoms. The first kappa shape index (κ1) is 18.6. The van der Waals surface area contributed by atoms with Gasteiger partial charge in [-0.1, -0.05) is 0 Å². The number of carbonyl (C=O) groups excluding carboxylic acids is 3. The van der Waals surface area contributed by atoms with E-state index in [1.807, 2.05) is 0 Å². The normalized spacial score (nSPS) is 16.4. The van der Waals surface area contributed by atoms with Crippen molar-refractivity contribution in [1.82, 2.24) is 20.0 Å². The van der Waals surface area contributed by atoms with Crippen molar-refractivity contribution in [2.75, 3.05) is 18.8 Å². The molecule has 0 saturated carbocycles. The van der Waals surface area contributed by atoms with Gasteiger partial charge in [-0.25, -0.2) is 9.07 Å². The van der Waals surface area contributed by atoms with Crippen LogP contribution in [0.1, 0.15) is 30.1 Å². The molecule has 1 aliphatic rings. The predicted octanol–water partition coefficient (Wildman–Crippen LogP) is 0.903. The van der Waals surface area contributed by atoms with Gasteiger partial charge in [0.05, 0.1) is 30.0 Å². The van der Waals surface area contributed by atoms with E-state index in [1.54, 1.807) is 0 Å². The van der Waals surface area contributed by atoms with Crippen molar-refractivity contribution < 1.29 is 18.8 Å². The lowest BCUT2D eigenvalue weighted by Gasteiger charge is -2.23. The van der Waals surface area contributed by atoms with Gasteiger partial charge in [-0.15, -0.1) is 0 Å². The van der Waals surface area contributed by atoms with Crippen molar-refractivity contribution in [3.8, 4) is 5.69 Å². The third-order valence-corrected chi connectivity index (χ3v) is 4.51. The molecule has 0 aliphatic carbocycles. The molecule has 3 rings (SSSR count). The number of nitrogens with zero attached hydrogens (tertiary/aromatic N) is 3. The summed E-state index contributed by atoms with van der Waals surface area (Å²) in [7, 11) is 0. The van der Waals surface area contributed by atoms with E-state index in [2.05, 4.69) is 10.4 Å². The third-order valence-electron chi connectivity index (χ3n) is 4.51. The number of ketones is 1. The third kappa shape index (κ3) is 3.81. The van der Waals surface area contributed by atoms with Crippen LogP contribution < -0.4 is 11.1 Å². The second-order valence-corrected chi connectivity index (χ2v) is 6.35. The molecule has 2 aromatic rings. The highest BCUT2D eigenvalue weighted by Gasteiger charge is 2.36. The Morgan fingerprint density at radius 2 is 2.00 bits per heavy atom. The Labute approximate surface area is 155 Å². The van der Waals surface area contributed by atoms with Gasteiger partial charge in [0, 0.05) is 13.5 Å². The zero-order valence-corrected chi connectivity index (χ0v) is 14.8. The monoisotopic (exact) mass is 373 g/mol. The molecule has 1 aliphatic heterocycles. The molecule has 0 unspecified atom stereocenters. The van der Waals surface area contributed by atoms with Crippen LogP contribution in [0.3, 0.4) is 0 Å². The maximum atomic E-state index is 13.1. The molecule has 2 heterocycles. The van der Waals surface area contributed by atoms with Crippen LogP contribution in [0.2, 0.25) is 0 Å². The van der Waals surface area contributed by atoms with Crippen molar-refractivity contribution in [3.05, 3.63) is 41.8 Å². The summed E-state index contributed by atoms with van der Waals surface area (Å²) in [6.07, 6.45) is 2.57. The van der Waals surface area contributed by atoms with Gasteiger partial charge in [0.1, 0.15) is 11.6 Å². The van der Waals surface area contributed by atoms with Crippen LogP contribution in [-0.4, -0.2) is 51.4 Å². The van der Waals surface area contributed by atoms with Gasteiger partial charge in [-0.3, -0.25) is 14.4 Å². The molecule has 1 aromatic heterocycles. The number of nitrogen functional groups attached to an aromatic ring is 1. The number of hydrogen-bond acceptors (Lipinski definition) is 5. The highest BCUT2D eigenvalue weighted by Crippen LogP contribution is 2.25. The zero-order chi connectivity index (χ0) is 19.6. The second kappa shape index (κ2) is 7.56. The first-order valence-corrected chi connectivity index (χ1v) is 8.56. The lowest BCUT2D eigenvalue weighted by Crippen LogP contribution is -2.45. The molecule has 0 radical (unpaired) electrons. The predicted molar refractivity (Wildman–Crippen MR) is 95.7 cm³/mol. The Bertz CT molecular complexity index is 878. The fraction of sp³-hybridized carbons (Fsp3) is 0.333. The Morgan fingerprint density at radius 1 is 1.30 bits per heavy atom. The van der Waals surface area contributed by atoms with Gasteiger partial charge in [0.25, 0.3) is 0 Å². The number of carbonyl (C=O) groups is 3. The fourth-order valence-electron chi connectivity index (χ4n) is 3.15. The van der Waals surface area contributed by atoms with Crippen LogP contribution in [-0.2, 0) is 9.59 Å². The summed E-state index contributed by atoms with van der Waals surface area (Å²) < 4.78 is 14.4. The molecule has 1 fully saturated rings.